The van der Waals surface area contributed by atoms with Gasteiger partial charge in [-0.2, -0.15) is 0 Å². The minimum atomic E-state index is -0.985. The lowest BCUT2D eigenvalue weighted by atomic mass is 9.72. The third kappa shape index (κ3) is 3.31. The fraction of sp³-hybridized carbons (Fsp3) is 0.333. The number of aryl methyl sites for hydroxylation is 2. The molecule has 3 aromatic rings. The summed E-state index contributed by atoms with van der Waals surface area (Å²) in [7, 11) is 0. The zero-order valence-corrected chi connectivity index (χ0v) is 18.2. The van der Waals surface area contributed by atoms with Gasteiger partial charge in [-0.25, -0.2) is 4.39 Å². The minimum absolute atomic E-state index is 0. The molecule has 0 saturated carbocycles. The molecule has 0 bridgehead atoms. The summed E-state index contributed by atoms with van der Waals surface area (Å²) in [6, 6.07) is 22.3. The van der Waals surface area contributed by atoms with Gasteiger partial charge in [-0.15, -0.1) is 12.4 Å². The Balaban J connectivity index is 0.00000204. The van der Waals surface area contributed by atoms with Crippen molar-refractivity contribution in [2.45, 2.75) is 43.2 Å². The molecule has 1 fully saturated rings. The molecule has 1 N–H and O–H groups in total. The molecule has 6 rings (SSSR count). The average molecular weight is 436 g/mol. The van der Waals surface area contributed by atoms with Gasteiger partial charge in [0.15, 0.2) is 0 Å². The summed E-state index contributed by atoms with van der Waals surface area (Å²) in [5, 5.41) is 11.6. The predicted octanol–water partition coefficient (Wildman–Crippen LogP) is 5.52. The summed E-state index contributed by atoms with van der Waals surface area (Å²) >= 11 is 0. The van der Waals surface area contributed by atoms with Crippen molar-refractivity contribution >= 4 is 12.4 Å². The van der Waals surface area contributed by atoms with Crippen LogP contribution >= 0.6 is 12.4 Å². The highest BCUT2D eigenvalue weighted by molar-refractivity contribution is 5.85. The summed E-state index contributed by atoms with van der Waals surface area (Å²) < 4.78 is 13.9. The molecule has 31 heavy (non-hydrogen) atoms. The molecule has 0 radical (unpaired) electrons. The van der Waals surface area contributed by atoms with Crippen LogP contribution in [-0.4, -0.2) is 23.1 Å². The third-order valence-electron chi connectivity index (χ3n) is 7.60. The number of aliphatic hydroxyl groups is 1. The molecule has 3 atom stereocenters. The van der Waals surface area contributed by atoms with Crippen LogP contribution in [0.25, 0.3) is 0 Å². The van der Waals surface area contributed by atoms with Gasteiger partial charge in [-0.05, 0) is 64.8 Å². The second-order valence-electron chi connectivity index (χ2n) is 9.18. The Kier molecular flexibility index (Phi) is 5.16. The zero-order chi connectivity index (χ0) is 20.3. The van der Waals surface area contributed by atoms with Crippen molar-refractivity contribution in [1.82, 2.24) is 4.90 Å². The first-order valence-electron chi connectivity index (χ1n) is 11.0. The Labute approximate surface area is 189 Å². The fourth-order valence-electron chi connectivity index (χ4n) is 6.12. The number of piperidine rings is 1. The van der Waals surface area contributed by atoms with Crippen molar-refractivity contribution < 1.29 is 9.50 Å². The maximum Gasteiger partial charge on any atom is 0.123 e. The molecular formula is C27H27ClFNO. The Morgan fingerprint density at radius 2 is 1.65 bits per heavy atom. The van der Waals surface area contributed by atoms with Crippen molar-refractivity contribution in [3.63, 3.8) is 0 Å². The molecule has 2 heterocycles. The average Bonchev–Trinajstić information content (AvgIpc) is 2.93. The number of nitrogens with zero attached hydrogens (tertiary/aromatic N) is 1. The van der Waals surface area contributed by atoms with Crippen LogP contribution in [0.5, 0.6) is 0 Å². The van der Waals surface area contributed by atoms with Crippen LogP contribution in [-0.2, 0) is 18.4 Å². The van der Waals surface area contributed by atoms with Crippen molar-refractivity contribution in [1.29, 1.82) is 0 Å². The van der Waals surface area contributed by atoms with E-state index in [1.807, 2.05) is 6.07 Å². The van der Waals surface area contributed by atoms with E-state index >= 15 is 0 Å². The quantitative estimate of drug-likeness (QED) is 0.544. The van der Waals surface area contributed by atoms with Gasteiger partial charge in [0.05, 0.1) is 5.60 Å². The van der Waals surface area contributed by atoms with E-state index in [9.17, 15) is 9.50 Å². The van der Waals surface area contributed by atoms with Gasteiger partial charge in [0.1, 0.15) is 5.82 Å². The van der Waals surface area contributed by atoms with Gasteiger partial charge in [-0.3, -0.25) is 4.90 Å². The van der Waals surface area contributed by atoms with Gasteiger partial charge >= 0.3 is 0 Å². The monoisotopic (exact) mass is 435 g/mol. The number of hydrogen-bond acceptors (Lipinski definition) is 2. The van der Waals surface area contributed by atoms with E-state index in [2.05, 4.69) is 47.4 Å². The van der Waals surface area contributed by atoms with Crippen molar-refractivity contribution in [3.05, 3.63) is 106 Å². The predicted molar refractivity (Wildman–Crippen MR) is 123 cm³/mol. The smallest absolute Gasteiger partial charge is 0.123 e. The molecule has 3 aliphatic rings. The van der Waals surface area contributed by atoms with E-state index in [0.29, 0.717) is 24.3 Å². The zero-order valence-electron chi connectivity index (χ0n) is 17.4. The first-order valence-corrected chi connectivity index (χ1v) is 11.0. The molecule has 1 saturated heterocycles. The van der Waals surface area contributed by atoms with Gasteiger partial charge in [-0.1, -0.05) is 54.6 Å². The van der Waals surface area contributed by atoms with Crippen LogP contribution in [0.2, 0.25) is 0 Å². The second kappa shape index (κ2) is 7.74. The number of hydrogen-bond donors (Lipinski definition) is 1. The van der Waals surface area contributed by atoms with Gasteiger partial charge in [0.25, 0.3) is 0 Å². The Bertz CT molecular complexity index is 1130. The van der Waals surface area contributed by atoms with Crippen LogP contribution in [0.15, 0.2) is 66.7 Å². The topological polar surface area (TPSA) is 23.5 Å². The summed E-state index contributed by atoms with van der Waals surface area (Å²) in [5.74, 6) is 0.115. The summed E-state index contributed by atoms with van der Waals surface area (Å²) in [6.07, 6.45) is 3.40. The van der Waals surface area contributed by atoms with Crippen LogP contribution in [0.4, 0.5) is 4.39 Å². The van der Waals surface area contributed by atoms with E-state index < -0.39 is 5.60 Å². The molecule has 4 heteroatoms. The van der Waals surface area contributed by atoms with E-state index in [4.69, 9.17) is 0 Å². The molecule has 160 valence electrons. The standard InChI is InChI=1S/C27H26FNO.ClH/c28-21-8-4-7-20(15-21)27(30)13-14-29-17-24-22-9-2-1-5-18(22)11-12-19-6-3-10-23(26(19)24)25(29)16-27;/h1-10,15,24-25,30H,11-14,16-17H2;1H/t24-,25-,27-;/m1./s1. The fourth-order valence-corrected chi connectivity index (χ4v) is 6.12. The lowest BCUT2D eigenvalue weighted by Crippen LogP contribution is -2.48. The molecule has 0 amide bonds. The Morgan fingerprint density at radius 1 is 0.903 bits per heavy atom. The minimum Gasteiger partial charge on any atom is -0.385 e. The highest BCUT2D eigenvalue weighted by atomic mass is 35.5. The number of rotatable bonds is 1. The summed E-state index contributed by atoms with van der Waals surface area (Å²) in [5.41, 5.74) is 6.94. The maximum atomic E-state index is 13.9. The molecule has 0 spiro atoms. The molecule has 0 aromatic heterocycles. The van der Waals surface area contributed by atoms with E-state index in [0.717, 1.165) is 25.9 Å². The van der Waals surface area contributed by atoms with Crippen LogP contribution < -0.4 is 0 Å². The molecule has 2 aliphatic heterocycles. The van der Waals surface area contributed by atoms with Gasteiger partial charge < -0.3 is 5.11 Å². The lowest BCUT2D eigenvalue weighted by Gasteiger charge is -2.49. The Hall–Kier alpha value is -2.20. The molecular weight excluding hydrogens is 409 g/mol. The van der Waals surface area contributed by atoms with Gasteiger partial charge in [0.2, 0.25) is 0 Å². The summed E-state index contributed by atoms with van der Waals surface area (Å²) in [6.45, 7) is 1.81. The highest BCUT2D eigenvalue weighted by Gasteiger charge is 2.45. The van der Waals surface area contributed by atoms with Crippen LogP contribution in [0.1, 0.15) is 58.2 Å². The molecule has 2 nitrogen and oxygen atoms in total. The highest BCUT2D eigenvalue weighted by Crippen LogP contribution is 2.50. The first-order chi connectivity index (χ1) is 14.6. The molecule has 0 unspecified atom stereocenters. The van der Waals surface area contributed by atoms with Crippen LogP contribution in [0, 0.1) is 5.82 Å². The van der Waals surface area contributed by atoms with Gasteiger partial charge in [0, 0.05) is 31.5 Å². The van der Waals surface area contributed by atoms with Crippen molar-refractivity contribution in [2.75, 3.05) is 13.1 Å². The number of halogens is 2. The van der Waals surface area contributed by atoms with E-state index in [1.54, 1.807) is 6.07 Å². The van der Waals surface area contributed by atoms with E-state index in [1.165, 1.54) is 39.9 Å². The maximum absolute atomic E-state index is 13.9. The SMILES string of the molecule is Cl.O[C@]1(c2cccc(F)c2)CCN2C[C@@H]3c4ccccc4CCc4cccc(c43)[C@H]2C1. The molecule has 1 aliphatic carbocycles. The number of fused-ring (bicyclic) bond motifs is 4. The van der Waals surface area contributed by atoms with Crippen LogP contribution in [0.3, 0.4) is 0 Å². The third-order valence-corrected chi connectivity index (χ3v) is 7.60. The van der Waals surface area contributed by atoms with E-state index in [-0.39, 0.29) is 24.3 Å². The Morgan fingerprint density at radius 3 is 2.52 bits per heavy atom. The normalized spacial score (nSPS) is 26.6. The lowest BCUT2D eigenvalue weighted by molar-refractivity contribution is -0.0573. The summed E-state index contributed by atoms with van der Waals surface area (Å²) in [4.78, 5) is 2.55. The first kappa shape index (κ1) is 20.7. The number of benzene rings is 3. The van der Waals surface area contributed by atoms with Crippen molar-refractivity contribution in [2.24, 2.45) is 0 Å². The van der Waals surface area contributed by atoms with Crippen molar-refractivity contribution in [3.8, 4) is 0 Å². The molecule has 3 aromatic carbocycles. The largest absolute Gasteiger partial charge is 0.385 e. The second-order valence-corrected chi connectivity index (χ2v) is 9.18.